The number of carbonyl (C=O) groups excluding carboxylic acids is 2. The van der Waals surface area contributed by atoms with Gasteiger partial charge in [-0.25, -0.2) is 0 Å². The van der Waals surface area contributed by atoms with Crippen LogP contribution in [0.25, 0.3) is 5.76 Å². The molecule has 0 radical (unpaired) electrons. The quantitative estimate of drug-likeness (QED) is 0.113. The van der Waals surface area contributed by atoms with Crippen molar-refractivity contribution in [2.45, 2.75) is 53.2 Å². The molecule has 3 aromatic rings. The minimum absolute atomic E-state index is 0.0560. The molecular weight excluding hydrogens is 556 g/mol. The molecule has 0 spiro atoms. The Bertz CT molecular complexity index is 1420. The third-order valence-corrected chi connectivity index (χ3v) is 7.73. The molecule has 8 nitrogen and oxygen atoms in total. The number of hydrogen-bond donors (Lipinski definition) is 1. The Kier molecular flexibility index (Phi) is 11.8. The van der Waals surface area contributed by atoms with Gasteiger partial charge in [-0.15, -0.1) is 0 Å². The van der Waals surface area contributed by atoms with Gasteiger partial charge >= 0.3 is 0 Å². The van der Waals surface area contributed by atoms with Crippen LogP contribution in [0.3, 0.4) is 0 Å². The molecule has 1 saturated heterocycles. The number of rotatable bonds is 16. The Morgan fingerprint density at radius 3 is 2.25 bits per heavy atom. The van der Waals surface area contributed by atoms with E-state index in [-0.39, 0.29) is 11.3 Å². The summed E-state index contributed by atoms with van der Waals surface area (Å²) in [6.07, 6.45) is 1.56. The van der Waals surface area contributed by atoms with E-state index >= 15 is 0 Å². The van der Waals surface area contributed by atoms with Crippen molar-refractivity contribution in [1.29, 1.82) is 0 Å². The Morgan fingerprint density at radius 1 is 0.864 bits per heavy atom. The largest absolute Gasteiger partial charge is 0.507 e. The predicted molar refractivity (Wildman–Crippen MR) is 172 cm³/mol. The van der Waals surface area contributed by atoms with Gasteiger partial charge in [0.05, 0.1) is 24.8 Å². The molecule has 3 aromatic carbocycles. The molecule has 1 aliphatic heterocycles. The number of ketones is 1. The van der Waals surface area contributed by atoms with Crippen molar-refractivity contribution >= 4 is 17.4 Å². The zero-order valence-corrected chi connectivity index (χ0v) is 26.3. The average Bonchev–Trinajstić information content (AvgIpc) is 3.30. The topological polar surface area (TPSA) is 88.5 Å². The number of benzene rings is 3. The molecule has 234 valence electrons. The first-order chi connectivity index (χ1) is 21.4. The molecule has 4 rings (SSSR count). The third-order valence-electron chi connectivity index (χ3n) is 7.73. The summed E-state index contributed by atoms with van der Waals surface area (Å²) in [6, 6.07) is 21.4. The molecule has 8 heteroatoms. The number of ether oxygens (including phenoxy) is 3. The molecule has 1 heterocycles. The minimum Gasteiger partial charge on any atom is -0.507 e. The Balaban J connectivity index is 1.72. The standard InChI is InChI=1S/C36H44N2O6/c1-5-23-43-29-18-15-27(16-19-29)34(39)32-33(38(36(41)35(32)40)22-12-21-37(6-2)7-3)28-17-20-30(31(24-28)42-8-4)44-25-26-13-10-9-11-14-26/h9-11,13-20,24,33,39H,5-8,12,21-23,25H2,1-4H3. The maximum Gasteiger partial charge on any atom is 0.295 e. The van der Waals surface area contributed by atoms with Gasteiger partial charge in [0.15, 0.2) is 11.5 Å². The summed E-state index contributed by atoms with van der Waals surface area (Å²) in [5, 5.41) is 11.5. The smallest absolute Gasteiger partial charge is 0.295 e. The van der Waals surface area contributed by atoms with E-state index in [1.807, 2.05) is 56.3 Å². The normalized spacial score (nSPS) is 16.0. The van der Waals surface area contributed by atoms with Crippen molar-refractivity contribution in [3.05, 3.63) is 95.1 Å². The van der Waals surface area contributed by atoms with E-state index < -0.39 is 17.7 Å². The van der Waals surface area contributed by atoms with E-state index in [0.29, 0.717) is 61.2 Å². The van der Waals surface area contributed by atoms with E-state index in [9.17, 15) is 14.7 Å². The first-order valence-corrected chi connectivity index (χ1v) is 15.6. The number of nitrogens with zero attached hydrogens (tertiary/aromatic N) is 2. The summed E-state index contributed by atoms with van der Waals surface area (Å²) in [5.41, 5.74) is 2.17. The number of aliphatic hydroxyl groups excluding tert-OH is 1. The van der Waals surface area contributed by atoms with E-state index in [4.69, 9.17) is 14.2 Å². The second-order valence-electron chi connectivity index (χ2n) is 10.7. The molecule has 0 aromatic heterocycles. The molecule has 44 heavy (non-hydrogen) atoms. The fourth-order valence-corrected chi connectivity index (χ4v) is 5.36. The van der Waals surface area contributed by atoms with Crippen LogP contribution in [0.2, 0.25) is 0 Å². The molecule has 0 aliphatic carbocycles. The second-order valence-corrected chi connectivity index (χ2v) is 10.7. The maximum atomic E-state index is 13.6. The number of amides is 1. The molecule has 0 saturated carbocycles. The van der Waals surface area contributed by atoms with E-state index in [2.05, 4.69) is 18.7 Å². The first-order valence-electron chi connectivity index (χ1n) is 15.6. The van der Waals surface area contributed by atoms with E-state index in [0.717, 1.165) is 31.6 Å². The lowest BCUT2D eigenvalue weighted by Gasteiger charge is -2.27. The van der Waals surface area contributed by atoms with Crippen molar-refractivity contribution in [1.82, 2.24) is 9.80 Å². The molecule has 1 unspecified atom stereocenters. The predicted octanol–water partition coefficient (Wildman–Crippen LogP) is 6.61. The van der Waals surface area contributed by atoms with Crippen molar-refractivity contribution in [2.24, 2.45) is 0 Å². The van der Waals surface area contributed by atoms with Gasteiger partial charge < -0.3 is 29.1 Å². The zero-order valence-electron chi connectivity index (χ0n) is 26.3. The minimum atomic E-state index is -0.787. The van der Waals surface area contributed by atoms with Gasteiger partial charge in [-0.2, -0.15) is 0 Å². The SMILES string of the molecule is CCCOc1ccc(C(O)=C2C(=O)C(=O)N(CCCN(CC)CC)C2c2ccc(OCc3ccccc3)c(OCC)c2)cc1. The monoisotopic (exact) mass is 600 g/mol. The van der Waals surface area contributed by atoms with Crippen molar-refractivity contribution < 1.29 is 28.9 Å². The summed E-state index contributed by atoms with van der Waals surface area (Å²) < 4.78 is 17.8. The summed E-state index contributed by atoms with van der Waals surface area (Å²) in [7, 11) is 0. The van der Waals surface area contributed by atoms with Gasteiger partial charge in [-0.05, 0) is 86.9 Å². The zero-order chi connectivity index (χ0) is 31.5. The Labute approximate surface area is 260 Å². The molecular formula is C36H44N2O6. The highest BCUT2D eigenvalue weighted by Gasteiger charge is 2.46. The first kappa shape index (κ1) is 32.6. The highest BCUT2D eigenvalue weighted by atomic mass is 16.5. The highest BCUT2D eigenvalue weighted by molar-refractivity contribution is 6.46. The van der Waals surface area contributed by atoms with E-state index in [1.54, 1.807) is 35.2 Å². The second kappa shape index (κ2) is 16.0. The summed E-state index contributed by atoms with van der Waals surface area (Å²) in [4.78, 5) is 30.9. The van der Waals surface area contributed by atoms with Gasteiger partial charge in [-0.3, -0.25) is 9.59 Å². The highest BCUT2D eigenvalue weighted by Crippen LogP contribution is 2.42. The van der Waals surface area contributed by atoms with Crippen LogP contribution in [0.5, 0.6) is 17.2 Å². The molecule has 1 fully saturated rings. The van der Waals surface area contributed by atoms with Crippen molar-refractivity contribution in [2.75, 3.05) is 39.4 Å². The Hall–Kier alpha value is -4.30. The van der Waals surface area contributed by atoms with Crippen molar-refractivity contribution in [3.63, 3.8) is 0 Å². The lowest BCUT2D eigenvalue weighted by Crippen LogP contribution is -2.33. The van der Waals surface area contributed by atoms with Crippen LogP contribution >= 0.6 is 0 Å². The number of carbonyl (C=O) groups is 2. The van der Waals surface area contributed by atoms with Crippen LogP contribution in [0, 0.1) is 0 Å². The fourth-order valence-electron chi connectivity index (χ4n) is 5.36. The van der Waals surface area contributed by atoms with Crippen LogP contribution in [0.1, 0.15) is 63.3 Å². The lowest BCUT2D eigenvalue weighted by atomic mass is 9.95. The van der Waals surface area contributed by atoms with Gasteiger partial charge in [0, 0.05) is 12.1 Å². The van der Waals surface area contributed by atoms with Crippen LogP contribution in [-0.4, -0.2) is 66.0 Å². The van der Waals surface area contributed by atoms with Gasteiger partial charge in [0.1, 0.15) is 18.1 Å². The van der Waals surface area contributed by atoms with Crippen molar-refractivity contribution in [3.8, 4) is 17.2 Å². The van der Waals surface area contributed by atoms with Gasteiger partial charge in [-0.1, -0.05) is 57.2 Å². The van der Waals surface area contributed by atoms with Gasteiger partial charge in [0.25, 0.3) is 11.7 Å². The van der Waals surface area contributed by atoms with Crippen LogP contribution < -0.4 is 14.2 Å². The van der Waals surface area contributed by atoms with Gasteiger partial charge in [0.2, 0.25) is 0 Å². The number of likely N-dealkylation sites (tertiary alicyclic amines) is 1. The molecule has 0 bridgehead atoms. The Morgan fingerprint density at radius 2 is 1.59 bits per heavy atom. The third kappa shape index (κ3) is 7.80. The summed E-state index contributed by atoms with van der Waals surface area (Å²) in [6.45, 7) is 12.4. The number of aliphatic hydroxyl groups is 1. The maximum absolute atomic E-state index is 13.6. The molecule has 1 aliphatic rings. The molecule has 1 amide bonds. The summed E-state index contributed by atoms with van der Waals surface area (Å²) >= 11 is 0. The summed E-state index contributed by atoms with van der Waals surface area (Å²) in [5.74, 6) is 0.186. The van der Waals surface area contributed by atoms with Crippen LogP contribution in [-0.2, 0) is 16.2 Å². The van der Waals surface area contributed by atoms with Crippen LogP contribution in [0.15, 0.2) is 78.4 Å². The average molecular weight is 601 g/mol. The van der Waals surface area contributed by atoms with E-state index in [1.165, 1.54) is 0 Å². The molecule has 1 N–H and O–H groups in total. The molecule has 1 atom stereocenters. The number of Topliss-reactive ketones (excluding diaryl/α,β-unsaturated/α-hetero) is 1. The fraction of sp³-hybridized carbons (Fsp3) is 0.389. The van der Waals surface area contributed by atoms with Crippen LogP contribution in [0.4, 0.5) is 0 Å². The lowest BCUT2D eigenvalue weighted by molar-refractivity contribution is -0.140. The number of hydrogen-bond acceptors (Lipinski definition) is 7.